The SMILES string of the molecule is Cc1nn([C@H]2C[C@H](CNc3ccc4c(c3)C(=O)N(C3CCC(=O)NC3=O)C4=O)C2)c2ccccc12. The highest BCUT2D eigenvalue weighted by molar-refractivity contribution is 6.23. The highest BCUT2D eigenvalue weighted by atomic mass is 16.2. The molecule has 6 rings (SSSR count). The number of imide groups is 2. The molecule has 2 aromatic carbocycles. The van der Waals surface area contributed by atoms with Crippen LogP contribution in [0, 0.1) is 12.8 Å². The van der Waals surface area contributed by atoms with Crippen LogP contribution in [0.15, 0.2) is 42.5 Å². The second-order valence-electron chi connectivity index (χ2n) is 9.63. The molecule has 178 valence electrons. The predicted octanol–water partition coefficient (Wildman–Crippen LogP) is 2.81. The average Bonchev–Trinajstić information content (AvgIpc) is 3.27. The van der Waals surface area contributed by atoms with E-state index < -0.39 is 23.8 Å². The Labute approximate surface area is 201 Å². The van der Waals surface area contributed by atoms with Crippen LogP contribution in [-0.2, 0) is 9.59 Å². The van der Waals surface area contributed by atoms with E-state index in [4.69, 9.17) is 5.10 Å². The second-order valence-corrected chi connectivity index (χ2v) is 9.63. The molecule has 0 radical (unpaired) electrons. The summed E-state index contributed by atoms with van der Waals surface area (Å²) in [6.07, 6.45) is 2.29. The Morgan fingerprint density at radius 3 is 2.60 bits per heavy atom. The fourth-order valence-electron chi connectivity index (χ4n) is 5.44. The van der Waals surface area contributed by atoms with Crippen LogP contribution in [0.4, 0.5) is 5.69 Å². The summed E-state index contributed by atoms with van der Waals surface area (Å²) in [4.78, 5) is 50.5. The minimum atomic E-state index is -0.953. The maximum atomic E-state index is 13.0. The molecule has 2 fully saturated rings. The molecule has 35 heavy (non-hydrogen) atoms. The third kappa shape index (κ3) is 3.50. The third-order valence-corrected chi connectivity index (χ3v) is 7.39. The van der Waals surface area contributed by atoms with Gasteiger partial charge in [0.2, 0.25) is 11.8 Å². The van der Waals surface area contributed by atoms with Crippen molar-refractivity contribution in [2.45, 2.75) is 44.7 Å². The number of carbonyl (C=O) groups excluding carboxylic acids is 4. The van der Waals surface area contributed by atoms with Crippen molar-refractivity contribution in [1.29, 1.82) is 0 Å². The van der Waals surface area contributed by atoms with Crippen LogP contribution in [0.25, 0.3) is 10.9 Å². The van der Waals surface area contributed by atoms with Crippen LogP contribution in [0.5, 0.6) is 0 Å². The van der Waals surface area contributed by atoms with E-state index >= 15 is 0 Å². The molecule has 9 heteroatoms. The van der Waals surface area contributed by atoms with Gasteiger partial charge in [-0.05, 0) is 56.4 Å². The predicted molar refractivity (Wildman–Crippen MR) is 128 cm³/mol. The maximum Gasteiger partial charge on any atom is 0.262 e. The monoisotopic (exact) mass is 471 g/mol. The van der Waals surface area contributed by atoms with Crippen LogP contribution < -0.4 is 10.6 Å². The van der Waals surface area contributed by atoms with Crippen molar-refractivity contribution < 1.29 is 19.2 Å². The number of hydrogen-bond acceptors (Lipinski definition) is 6. The van der Waals surface area contributed by atoms with Crippen molar-refractivity contribution >= 4 is 40.2 Å². The molecule has 3 aromatic rings. The maximum absolute atomic E-state index is 13.0. The molecule has 1 unspecified atom stereocenters. The number of nitrogens with zero attached hydrogens (tertiary/aromatic N) is 3. The number of para-hydroxylation sites is 1. The first kappa shape index (κ1) is 21.5. The van der Waals surface area contributed by atoms with E-state index in [0.29, 0.717) is 12.0 Å². The Balaban J connectivity index is 1.10. The molecule has 2 aliphatic heterocycles. The zero-order valence-corrected chi connectivity index (χ0v) is 19.3. The zero-order chi connectivity index (χ0) is 24.3. The third-order valence-electron chi connectivity index (χ3n) is 7.39. The van der Waals surface area contributed by atoms with Crippen LogP contribution >= 0.6 is 0 Å². The van der Waals surface area contributed by atoms with E-state index in [-0.39, 0.29) is 29.9 Å². The van der Waals surface area contributed by atoms with Crippen molar-refractivity contribution in [3.63, 3.8) is 0 Å². The second kappa shape index (κ2) is 8.04. The van der Waals surface area contributed by atoms with E-state index in [9.17, 15) is 19.2 Å². The number of fused-ring (bicyclic) bond motifs is 2. The summed E-state index contributed by atoms with van der Waals surface area (Å²) < 4.78 is 2.14. The van der Waals surface area contributed by atoms with Crippen LogP contribution in [0.1, 0.15) is 58.1 Å². The molecule has 3 heterocycles. The minimum Gasteiger partial charge on any atom is -0.385 e. The van der Waals surface area contributed by atoms with Gasteiger partial charge in [-0.1, -0.05) is 18.2 Å². The summed E-state index contributed by atoms with van der Waals surface area (Å²) in [7, 11) is 0. The first-order chi connectivity index (χ1) is 16.9. The van der Waals surface area contributed by atoms with Gasteiger partial charge in [0, 0.05) is 24.0 Å². The lowest BCUT2D eigenvalue weighted by Crippen LogP contribution is -2.54. The molecule has 4 amide bonds. The molecule has 0 bridgehead atoms. The van der Waals surface area contributed by atoms with Gasteiger partial charge in [-0.25, -0.2) is 0 Å². The first-order valence-corrected chi connectivity index (χ1v) is 11.9. The molecule has 2 N–H and O–H groups in total. The minimum absolute atomic E-state index is 0.104. The number of benzene rings is 2. The van der Waals surface area contributed by atoms with E-state index in [1.807, 2.05) is 19.1 Å². The van der Waals surface area contributed by atoms with E-state index in [1.54, 1.807) is 18.2 Å². The number of nitrogens with one attached hydrogen (secondary N) is 2. The lowest BCUT2D eigenvalue weighted by Gasteiger charge is -2.36. The van der Waals surface area contributed by atoms with Crippen molar-refractivity contribution in [2.75, 3.05) is 11.9 Å². The van der Waals surface area contributed by atoms with Gasteiger partial charge in [-0.15, -0.1) is 0 Å². The fourth-order valence-corrected chi connectivity index (χ4v) is 5.44. The summed E-state index contributed by atoms with van der Waals surface area (Å²) in [6, 6.07) is 12.8. The van der Waals surface area contributed by atoms with Gasteiger partial charge in [-0.3, -0.25) is 34.1 Å². The Hall–Kier alpha value is -4.01. The van der Waals surface area contributed by atoms with E-state index in [1.165, 1.54) is 10.9 Å². The van der Waals surface area contributed by atoms with Gasteiger partial charge in [0.15, 0.2) is 0 Å². The summed E-state index contributed by atoms with van der Waals surface area (Å²) in [5.74, 6) is -1.49. The number of rotatable bonds is 5. The number of aryl methyl sites for hydroxylation is 1. The Kier molecular flexibility index (Phi) is 4.94. The van der Waals surface area contributed by atoms with Crippen molar-refractivity contribution in [2.24, 2.45) is 5.92 Å². The van der Waals surface area contributed by atoms with Crippen molar-refractivity contribution in [3.05, 3.63) is 59.3 Å². The van der Waals surface area contributed by atoms with Gasteiger partial charge in [-0.2, -0.15) is 5.10 Å². The van der Waals surface area contributed by atoms with Crippen LogP contribution in [-0.4, -0.2) is 50.9 Å². The molecular weight excluding hydrogens is 446 g/mol. The number of hydrogen-bond donors (Lipinski definition) is 2. The molecule has 3 aliphatic rings. The number of carbonyl (C=O) groups is 4. The van der Waals surface area contributed by atoms with Gasteiger partial charge >= 0.3 is 0 Å². The summed E-state index contributed by atoms with van der Waals surface area (Å²) >= 11 is 0. The van der Waals surface area contributed by atoms with Crippen molar-refractivity contribution in [3.8, 4) is 0 Å². The highest BCUT2D eigenvalue weighted by Gasteiger charge is 2.44. The molecule has 1 atom stereocenters. The molecular formula is C26H25N5O4. The molecule has 1 saturated heterocycles. The smallest absolute Gasteiger partial charge is 0.262 e. The topological polar surface area (TPSA) is 113 Å². The lowest BCUT2D eigenvalue weighted by molar-refractivity contribution is -0.136. The number of amides is 4. The highest BCUT2D eigenvalue weighted by Crippen LogP contribution is 2.40. The molecule has 9 nitrogen and oxygen atoms in total. The summed E-state index contributed by atoms with van der Waals surface area (Å²) in [6.45, 7) is 2.80. The van der Waals surface area contributed by atoms with Crippen molar-refractivity contribution in [1.82, 2.24) is 20.0 Å². The largest absolute Gasteiger partial charge is 0.385 e. The van der Waals surface area contributed by atoms with Gasteiger partial charge in [0.25, 0.3) is 11.8 Å². The molecule has 1 aromatic heterocycles. The number of piperidine rings is 1. The summed E-state index contributed by atoms with van der Waals surface area (Å²) in [5.41, 5.74) is 3.55. The van der Waals surface area contributed by atoms with Gasteiger partial charge in [0.05, 0.1) is 28.4 Å². The summed E-state index contributed by atoms with van der Waals surface area (Å²) in [5, 5.41) is 11.6. The van der Waals surface area contributed by atoms with Crippen LogP contribution in [0.3, 0.4) is 0 Å². The Morgan fingerprint density at radius 2 is 1.80 bits per heavy atom. The average molecular weight is 472 g/mol. The van der Waals surface area contributed by atoms with Gasteiger partial charge in [0.1, 0.15) is 6.04 Å². The standard InChI is InChI=1S/C26H25N5O4/c1-14-18-4-2-3-5-21(18)31(29-14)17-10-15(11-17)13-27-16-6-7-19-20(12-16)26(35)30(25(19)34)22-8-9-23(32)28-24(22)33/h2-7,12,15,17,22,27H,8-11,13H2,1H3,(H,28,32,33)/t15-,17-,22?. The zero-order valence-electron chi connectivity index (χ0n) is 19.3. The molecule has 1 saturated carbocycles. The number of anilines is 1. The molecule has 0 spiro atoms. The van der Waals surface area contributed by atoms with Gasteiger partial charge < -0.3 is 5.32 Å². The van der Waals surface area contributed by atoms with E-state index in [0.717, 1.165) is 35.7 Å². The van der Waals surface area contributed by atoms with E-state index in [2.05, 4.69) is 27.4 Å². The number of aromatic nitrogens is 2. The van der Waals surface area contributed by atoms with Crippen LogP contribution in [0.2, 0.25) is 0 Å². The molecule has 1 aliphatic carbocycles. The Bertz CT molecular complexity index is 1400. The quantitative estimate of drug-likeness (QED) is 0.554. The first-order valence-electron chi connectivity index (χ1n) is 11.9. The fraction of sp³-hybridized carbons (Fsp3) is 0.346. The lowest BCUT2D eigenvalue weighted by atomic mass is 9.80. The Morgan fingerprint density at radius 1 is 1.03 bits per heavy atom. The normalized spacial score (nSPS) is 23.9.